The van der Waals surface area contributed by atoms with Gasteiger partial charge in [0.15, 0.2) is 0 Å². The SMILES string of the molecule is O=C(N1Cc2ccccc2Oc2cccc(Cl)c2C1)C1(CO)CC1. The van der Waals surface area contributed by atoms with Crippen LogP contribution in [0.2, 0.25) is 5.02 Å². The number of halogens is 1. The van der Waals surface area contributed by atoms with Crippen molar-refractivity contribution in [1.29, 1.82) is 0 Å². The molecule has 124 valence electrons. The maximum Gasteiger partial charge on any atom is 0.231 e. The van der Waals surface area contributed by atoms with Crippen LogP contribution in [0.25, 0.3) is 0 Å². The Balaban J connectivity index is 1.79. The van der Waals surface area contributed by atoms with Gasteiger partial charge in [-0.2, -0.15) is 0 Å². The van der Waals surface area contributed by atoms with Gasteiger partial charge in [0.2, 0.25) is 5.91 Å². The van der Waals surface area contributed by atoms with E-state index in [1.54, 1.807) is 11.0 Å². The summed E-state index contributed by atoms with van der Waals surface area (Å²) in [7, 11) is 0. The van der Waals surface area contributed by atoms with E-state index in [0.717, 1.165) is 29.7 Å². The van der Waals surface area contributed by atoms with Crippen molar-refractivity contribution in [3.63, 3.8) is 0 Å². The molecule has 2 aromatic rings. The minimum atomic E-state index is -0.601. The minimum absolute atomic E-state index is 0.00688. The van der Waals surface area contributed by atoms with Crippen LogP contribution in [-0.2, 0) is 17.9 Å². The third-order valence-corrected chi connectivity index (χ3v) is 5.23. The van der Waals surface area contributed by atoms with Crippen molar-refractivity contribution in [3.05, 3.63) is 58.6 Å². The Morgan fingerprint density at radius 3 is 2.62 bits per heavy atom. The minimum Gasteiger partial charge on any atom is -0.457 e. The highest BCUT2D eigenvalue weighted by Gasteiger charge is 2.51. The van der Waals surface area contributed by atoms with Gasteiger partial charge in [-0.1, -0.05) is 35.9 Å². The number of hydrogen-bond donors (Lipinski definition) is 1. The quantitative estimate of drug-likeness (QED) is 0.903. The van der Waals surface area contributed by atoms with Gasteiger partial charge in [0.1, 0.15) is 11.5 Å². The lowest BCUT2D eigenvalue weighted by molar-refractivity contribution is -0.140. The number of fused-ring (bicyclic) bond motifs is 2. The van der Waals surface area contributed by atoms with Crippen molar-refractivity contribution < 1.29 is 14.6 Å². The number of para-hydroxylation sites is 1. The molecule has 0 saturated heterocycles. The van der Waals surface area contributed by atoms with E-state index in [9.17, 15) is 9.90 Å². The summed E-state index contributed by atoms with van der Waals surface area (Å²) in [6, 6.07) is 13.2. The maximum atomic E-state index is 13.0. The summed E-state index contributed by atoms with van der Waals surface area (Å²) in [6.07, 6.45) is 1.48. The van der Waals surface area contributed by atoms with Gasteiger partial charge in [0.25, 0.3) is 0 Å². The summed E-state index contributed by atoms with van der Waals surface area (Å²) in [5, 5.41) is 10.2. The number of hydrogen-bond acceptors (Lipinski definition) is 3. The van der Waals surface area contributed by atoms with Crippen molar-refractivity contribution in [2.45, 2.75) is 25.9 Å². The van der Waals surface area contributed by atoms with Gasteiger partial charge in [-0.15, -0.1) is 0 Å². The van der Waals surface area contributed by atoms with E-state index in [4.69, 9.17) is 16.3 Å². The van der Waals surface area contributed by atoms with E-state index < -0.39 is 5.41 Å². The highest BCUT2D eigenvalue weighted by atomic mass is 35.5. The Morgan fingerprint density at radius 2 is 1.88 bits per heavy atom. The maximum absolute atomic E-state index is 13.0. The molecule has 1 heterocycles. The molecule has 1 N–H and O–H groups in total. The number of carbonyl (C=O) groups is 1. The monoisotopic (exact) mass is 343 g/mol. The first-order valence-electron chi connectivity index (χ1n) is 8.06. The standard InChI is InChI=1S/C19H18ClNO3/c20-15-5-3-7-17-14(15)11-21(18(23)19(12-22)8-9-19)10-13-4-1-2-6-16(13)24-17/h1-7,22H,8-12H2. The van der Waals surface area contributed by atoms with Gasteiger partial charge in [0.05, 0.1) is 18.6 Å². The Labute approximate surface area is 145 Å². The van der Waals surface area contributed by atoms with Gasteiger partial charge in [-0.05, 0) is 31.0 Å². The fourth-order valence-corrected chi connectivity index (χ4v) is 3.39. The lowest BCUT2D eigenvalue weighted by Crippen LogP contribution is -2.38. The van der Waals surface area contributed by atoms with Crippen molar-refractivity contribution >= 4 is 17.5 Å². The molecule has 4 nitrogen and oxygen atoms in total. The molecule has 24 heavy (non-hydrogen) atoms. The number of ether oxygens (including phenoxy) is 1. The Kier molecular flexibility index (Phi) is 3.74. The molecule has 0 bridgehead atoms. The van der Waals surface area contributed by atoms with E-state index in [0.29, 0.717) is 23.9 Å². The number of nitrogens with zero attached hydrogens (tertiary/aromatic N) is 1. The third kappa shape index (κ3) is 2.56. The molecule has 1 saturated carbocycles. The van der Waals surface area contributed by atoms with E-state index >= 15 is 0 Å². The first kappa shape index (κ1) is 15.5. The molecule has 0 spiro atoms. The second-order valence-electron chi connectivity index (χ2n) is 6.53. The molecule has 0 unspecified atom stereocenters. The molecule has 0 aromatic heterocycles. The molecular weight excluding hydrogens is 326 g/mol. The van der Waals surface area contributed by atoms with Crippen LogP contribution >= 0.6 is 11.6 Å². The van der Waals surface area contributed by atoms with Gasteiger partial charge in [-0.3, -0.25) is 4.79 Å². The van der Waals surface area contributed by atoms with E-state index in [2.05, 4.69) is 0 Å². The third-order valence-electron chi connectivity index (χ3n) is 4.88. The zero-order valence-corrected chi connectivity index (χ0v) is 13.9. The zero-order chi connectivity index (χ0) is 16.7. The van der Waals surface area contributed by atoms with E-state index in [-0.39, 0.29) is 12.5 Å². The Bertz CT molecular complexity index is 801. The highest BCUT2D eigenvalue weighted by Crippen LogP contribution is 2.48. The number of benzene rings is 2. The van der Waals surface area contributed by atoms with Gasteiger partial charge < -0.3 is 14.7 Å². The molecule has 1 fully saturated rings. The molecule has 1 aliphatic heterocycles. The Morgan fingerprint density at radius 1 is 1.12 bits per heavy atom. The Hall–Kier alpha value is -2.04. The lowest BCUT2D eigenvalue weighted by Gasteiger charge is -2.30. The van der Waals surface area contributed by atoms with Crippen molar-refractivity contribution in [2.24, 2.45) is 5.41 Å². The average molecular weight is 344 g/mol. The molecule has 0 radical (unpaired) electrons. The van der Waals surface area contributed by atoms with E-state index in [1.165, 1.54) is 0 Å². The lowest BCUT2D eigenvalue weighted by atomic mass is 10.0. The van der Waals surface area contributed by atoms with Crippen molar-refractivity contribution in [3.8, 4) is 11.5 Å². The summed E-state index contributed by atoms with van der Waals surface area (Å²) >= 11 is 6.36. The molecule has 1 aliphatic carbocycles. The van der Waals surface area contributed by atoms with Gasteiger partial charge in [-0.25, -0.2) is 0 Å². The largest absolute Gasteiger partial charge is 0.457 e. The number of rotatable bonds is 2. The molecular formula is C19H18ClNO3. The first-order chi connectivity index (χ1) is 11.6. The predicted molar refractivity (Wildman–Crippen MR) is 91.0 cm³/mol. The zero-order valence-electron chi connectivity index (χ0n) is 13.2. The normalized spacial score (nSPS) is 17.8. The van der Waals surface area contributed by atoms with Crippen LogP contribution in [0.5, 0.6) is 11.5 Å². The topological polar surface area (TPSA) is 49.8 Å². The average Bonchev–Trinajstić information content (AvgIpc) is 3.37. The number of amides is 1. The molecule has 2 aliphatic rings. The van der Waals surface area contributed by atoms with Crippen LogP contribution in [0.1, 0.15) is 24.0 Å². The predicted octanol–water partition coefficient (Wildman–Crippen LogP) is 3.75. The summed E-state index contributed by atoms with van der Waals surface area (Å²) in [4.78, 5) is 14.8. The van der Waals surface area contributed by atoms with Crippen molar-refractivity contribution in [1.82, 2.24) is 4.90 Å². The molecule has 0 atom stereocenters. The molecule has 5 heteroatoms. The van der Waals surface area contributed by atoms with Crippen LogP contribution in [0, 0.1) is 5.41 Å². The van der Waals surface area contributed by atoms with Crippen LogP contribution < -0.4 is 4.74 Å². The first-order valence-corrected chi connectivity index (χ1v) is 8.44. The van der Waals surface area contributed by atoms with Crippen molar-refractivity contribution in [2.75, 3.05) is 6.61 Å². The van der Waals surface area contributed by atoms with Gasteiger partial charge in [0, 0.05) is 22.7 Å². The fraction of sp³-hybridized carbons (Fsp3) is 0.316. The number of aliphatic hydroxyl groups excluding tert-OH is 1. The summed E-state index contributed by atoms with van der Waals surface area (Å²) in [5.41, 5.74) is 1.15. The summed E-state index contributed by atoms with van der Waals surface area (Å²) < 4.78 is 6.05. The van der Waals surface area contributed by atoms with Crippen LogP contribution in [-0.4, -0.2) is 22.5 Å². The molecule has 1 amide bonds. The number of carbonyl (C=O) groups excluding carboxylic acids is 1. The van der Waals surface area contributed by atoms with E-state index in [1.807, 2.05) is 36.4 Å². The number of aliphatic hydroxyl groups is 1. The van der Waals surface area contributed by atoms with Crippen LogP contribution in [0.15, 0.2) is 42.5 Å². The summed E-state index contributed by atoms with van der Waals surface area (Å²) in [6.45, 7) is 0.723. The molecule has 2 aromatic carbocycles. The van der Waals surface area contributed by atoms with Gasteiger partial charge >= 0.3 is 0 Å². The summed E-state index contributed by atoms with van der Waals surface area (Å²) in [5.74, 6) is 1.39. The smallest absolute Gasteiger partial charge is 0.231 e. The molecule has 4 rings (SSSR count). The second kappa shape index (κ2) is 5.80. The second-order valence-corrected chi connectivity index (χ2v) is 6.93. The highest BCUT2D eigenvalue weighted by molar-refractivity contribution is 6.31. The van der Waals surface area contributed by atoms with Crippen LogP contribution in [0.4, 0.5) is 0 Å². The van der Waals surface area contributed by atoms with Crippen LogP contribution in [0.3, 0.4) is 0 Å². The fourth-order valence-electron chi connectivity index (χ4n) is 3.16.